The summed E-state index contributed by atoms with van der Waals surface area (Å²) in [4.78, 5) is 24.3. The van der Waals surface area contributed by atoms with E-state index in [9.17, 15) is 9.59 Å². The Morgan fingerprint density at radius 3 is 2.54 bits per heavy atom. The smallest absolute Gasteiger partial charge is 0.328 e. The van der Waals surface area contributed by atoms with Crippen LogP contribution in [0.1, 0.15) is 21.5 Å². The summed E-state index contributed by atoms with van der Waals surface area (Å²) in [6.07, 6.45) is 0.339. The van der Waals surface area contributed by atoms with Crippen LogP contribution in [0.5, 0.6) is 0 Å². The zero-order chi connectivity index (χ0) is 17.5. The molecule has 5 nitrogen and oxygen atoms in total. The fraction of sp³-hybridized carbons (Fsp3) is 0.167. The molecule has 1 atom stereocenters. The van der Waals surface area contributed by atoms with Crippen LogP contribution >= 0.6 is 22.6 Å². The summed E-state index contributed by atoms with van der Waals surface area (Å²) < 4.78 is 5.84. The van der Waals surface area contributed by atoms with Gasteiger partial charge in [0.1, 0.15) is 6.04 Å². The Kier molecular flexibility index (Phi) is 6.32. The number of hydrogen-bond donors (Lipinski definition) is 1. The fourth-order valence-electron chi connectivity index (χ4n) is 2.17. The van der Waals surface area contributed by atoms with E-state index < -0.39 is 12.0 Å². The van der Waals surface area contributed by atoms with Crippen molar-refractivity contribution in [3.63, 3.8) is 0 Å². The highest BCUT2D eigenvalue weighted by Gasteiger charge is 2.22. The lowest BCUT2D eigenvalue weighted by Crippen LogP contribution is -2.43. The Labute approximate surface area is 153 Å². The number of amides is 1. The van der Waals surface area contributed by atoms with Gasteiger partial charge in [-0.15, -0.1) is 0 Å². The third kappa shape index (κ3) is 4.80. The molecular formula is C18H15IN2O3. The summed E-state index contributed by atoms with van der Waals surface area (Å²) in [6.45, 7) is 0. The molecule has 0 aliphatic heterocycles. The molecule has 2 rings (SSSR count). The van der Waals surface area contributed by atoms with Gasteiger partial charge in [0.25, 0.3) is 5.91 Å². The minimum absolute atomic E-state index is 0.339. The lowest BCUT2D eigenvalue weighted by atomic mass is 10.1. The predicted molar refractivity (Wildman–Crippen MR) is 97.3 cm³/mol. The lowest BCUT2D eigenvalue weighted by molar-refractivity contribution is -0.142. The van der Waals surface area contributed by atoms with Crippen molar-refractivity contribution < 1.29 is 14.3 Å². The van der Waals surface area contributed by atoms with Crippen LogP contribution in [0.2, 0.25) is 0 Å². The Morgan fingerprint density at radius 1 is 1.25 bits per heavy atom. The third-order valence-corrected chi connectivity index (χ3v) is 4.07. The van der Waals surface area contributed by atoms with Crippen molar-refractivity contribution in [3.05, 3.63) is 68.8 Å². The van der Waals surface area contributed by atoms with Gasteiger partial charge in [-0.25, -0.2) is 4.79 Å². The number of carbonyl (C=O) groups excluding carboxylic acids is 2. The van der Waals surface area contributed by atoms with E-state index in [1.807, 2.05) is 30.3 Å². The number of ether oxygens (including phenoxy) is 1. The maximum Gasteiger partial charge on any atom is 0.328 e. The van der Waals surface area contributed by atoms with Crippen molar-refractivity contribution in [2.75, 3.05) is 7.11 Å². The molecule has 2 aromatic rings. The molecule has 24 heavy (non-hydrogen) atoms. The number of nitrogens with zero attached hydrogens (tertiary/aromatic N) is 1. The van der Waals surface area contributed by atoms with Gasteiger partial charge in [0.15, 0.2) is 0 Å². The van der Waals surface area contributed by atoms with Crippen LogP contribution < -0.4 is 5.32 Å². The van der Waals surface area contributed by atoms with Gasteiger partial charge in [-0.1, -0.05) is 12.1 Å². The van der Waals surface area contributed by atoms with E-state index in [0.29, 0.717) is 17.5 Å². The predicted octanol–water partition coefficient (Wildman–Crippen LogP) is 2.68. The average molecular weight is 434 g/mol. The summed E-state index contributed by atoms with van der Waals surface area (Å²) >= 11 is 2.19. The highest BCUT2D eigenvalue weighted by molar-refractivity contribution is 14.1. The average Bonchev–Trinajstić information content (AvgIpc) is 2.60. The van der Waals surface area contributed by atoms with Crippen LogP contribution in [0.25, 0.3) is 0 Å². The summed E-state index contributed by atoms with van der Waals surface area (Å²) in [5.74, 6) is -0.892. The van der Waals surface area contributed by atoms with Crippen LogP contribution in [0.4, 0.5) is 0 Å². The molecule has 0 heterocycles. The van der Waals surface area contributed by atoms with Gasteiger partial charge in [0.2, 0.25) is 0 Å². The summed E-state index contributed by atoms with van der Waals surface area (Å²) in [5.41, 5.74) is 1.78. The molecule has 0 unspecified atom stereocenters. The second-order valence-electron chi connectivity index (χ2n) is 5.07. The van der Waals surface area contributed by atoms with E-state index in [1.54, 1.807) is 24.3 Å². The number of hydrogen-bond acceptors (Lipinski definition) is 4. The number of nitriles is 1. The SMILES string of the molecule is COC(=O)[C@@H](Cc1cccc(I)c1)NC(=O)c1ccc(C#N)cc1. The largest absolute Gasteiger partial charge is 0.467 e. The fourth-order valence-corrected chi connectivity index (χ4v) is 2.78. The maximum absolute atomic E-state index is 12.3. The van der Waals surface area contributed by atoms with Gasteiger partial charge in [0.05, 0.1) is 18.7 Å². The first-order valence-corrected chi connectivity index (χ1v) is 8.24. The van der Waals surface area contributed by atoms with Gasteiger partial charge in [-0.05, 0) is 64.6 Å². The van der Waals surface area contributed by atoms with Crippen molar-refractivity contribution in [2.24, 2.45) is 0 Å². The first-order valence-electron chi connectivity index (χ1n) is 7.17. The van der Waals surface area contributed by atoms with Gasteiger partial charge < -0.3 is 10.1 Å². The van der Waals surface area contributed by atoms with E-state index >= 15 is 0 Å². The molecule has 0 aromatic heterocycles. The molecular weight excluding hydrogens is 419 g/mol. The highest BCUT2D eigenvalue weighted by atomic mass is 127. The molecule has 6 heteroatoms. The zero-order valence-electron chi connectivity index (χ0n) is 13.0. The monoisotopic (exact) mass is 434 g/mol. The number of carbonyl (C=O) groups is 2. The van der Waals surface area contributed by atoms with Crippen molar-refractivity contribution in [1.82, 2.24) is 5.32 Å². The van der Waals surface area contributed by atoms with E-state index in [-0.39, 0.29) is 5.91 Å². The molecule has 0 aliphatic rings. The number of rotatable bonds is 5. The first kappa shape index (κ1) is 17.9. The minimum atomic E-state index is -0.781. The Hall–Kier alpha value is -2.40. The molecule has 0 saturated carbocycles. The Balaban J connectivity index is 2.14. The lowest BCUT2D eigenvalue weighted by Gasteiger charge is -2.17. The Bertz CT molecular complexity index is 782. The number of esters is 1. The number of benzene rings is 2. The number of methoxy groups -OCH3 is 1. The molecule has 2 aromatic carbocycles. The van der Waals surface area contributed by atoms with E-state index in [2.05, 4.69) is 27.9 Å². The van der Waals surface area contributed by atoms with Gasteiger partial charge >= 0.3 is 5.97 Å². The second-order valence-corrected chi connectivity index (χ2v) is 6.32. The third-order valence-electron chi connectivity index (χ3n) is 3.40. The molecule has 0 spiro atoms. The maximum atomic E-state index is 12.3. The van der Waals surface area contributed by atoms with Crippen molar-refractivity contribution in [1.29, 1.82) is 5.26 Å². The number of nitrogens with one attached hydrogen (secondary N) is 1. The van der Waals surface area contributed by atoms with Crippen LogP contribution in [-0.4, -0.2) is 25.0 Å². The van der Waals surface area contributed by atoms with Crippen molar-refractivity contribution >= 4 is 34.5 Å². The summed E-state index contributed by atoms with van der Waals surface area (Å²) in [5, 5.41) is 11.5. The highest BCUT2D eigenvalue weighted by Crippen LogP contribution is 2.11. The summed E-state index contributed by atoms with van der Waals surface area (Å²) in [6, 6.07) is 15.1. The molecule has 1 N–H and O–H groups in total. The first-order chi connectivity index (χ1) is 11.5. The van der Waals surface area contributed by atoms with Gasteiger partial charge in [0, 0.05) is 15.6 Å². The van der Waals surface area contributed by atoms with E-state index in [0.717, 1.165) is 9.13 Å². The molecule has 0 saturated heterocycles. The molecule has 0 aliphatic carbocycles. The molecule has 1 amide bonds. The Morgan fingerprint density at radius 2 is 1.96 bits per heavy atom. The molecule has 122 valence electrons. The topological polar surface area (TPSA) is 79.2 Å². The normalized spacial score (nSPS) is 11.2. The van der Waals surface area contributed by atoms with Crippen LogP contribution in [-0.2, 0) is 16.0 Å². The molecule has 0 radical (unpaired) electrons. The van der Waals surface area contributed by atoms with E-state index in [1.165, 1.54) is 7.11 Å². The standard InChI is InChI=1S/C18H15IN2O3/c1-24-18(23)16(10-13-3-2-4-15(19)9-13)21-17(22)14-7-5-12(11-20)6-8-14/h2-9,16H,10H2,1H3,(H,21,22)/t16-/m1/s1. The van der Waals surface area contributed by atoms with Gasteiger partial charge in [-0.3, -0.25) is 4.79 Å². The minimum Gasteiger partial charge on any atom is -0.467 e. The second kappa shape index (κ2) is 8.45. The van der Waals surface area contributed by atoms with Gasteiger partial charge in [-0.2, -0.15) is 5.26 Å². The molecule has 0 fully saturated rings. The van der Waals surface area contributed by atoms with Crippen LogP contribution in [0, 0.1) is 14.9 Å². The quantitative estimate of drug-likeness (QED) is 0.580. The number of halogens is 1. The summed E-state index contributed by atoms with van der Waals surface area (Å²) in [7, 11) is 1.29. The van der Waals surface area contributed by atoms with Crippen molar-refractivity contribution in [3.8, 4) is 6.07 Å². The zero-order valence-corrected chi connectivity index (χ0v) is 15.1. The van der Waals surface area contributed by atoms with Crippen molar-refractivity contribution in [2.45, 2.75) is 12.5 Å². The molecule has 0 bridgehead atoms. The van der Waals surface area contributed by atoms with E-state index in [4.69, 9.17) is 10.00 Å². The van der Waals surface area contributed by atoms with Crippen LogP contribution in [0.3, 0.4) is 0 Å². The van der Waals surface area contributed by atoms with Crippen LogP contribution in [0.15, 0.2) is 48.5 Å².